The number of aromatic nitrogens is 2. The average molecular weight is 409 g/mol. The first kappa shape index (κ1) is 17.5. The van der Waals surface area contributed by atoms with Gasteiger partial charge in [0.15, 0.2) is 0 Å². The number of hydrogen-bond acceptors (Lipinski definition) is 5. The lowest BCUT2D eigenvalue weighted by atomic mass is 9.97. The van der Waals surface area contributed by atoms with Crippen molar-refractivity contribution >= 4 is 50.7 Å². The number of carbonyl (C=O) groups excluding carboxylic acids is 1. The molecular weight excluding hydrogens is 395 g/mol. The van der Waals surface area contributed by atoms with Crippen molar-refractivity contribution < 1.29 is 9.53 Å². The summed E-state index contributed by atoms with van der Waals surface area (Å²) < 4.78 is 5.25. The van der Waals surface area contributed by atoms with Crippen LogP contribution < -0.4 is 5.56 Å². The highest BCUT2D eigenvalue weighted by atomic mass is 35.5. The summed E-state index contributed by atoms with van der Waals surface area (Å²) in [6, 6.07) is 4.74. The lowest BCUT2D eigenvalue weighted by Gasteiger charge is -2.09. The molecule has 2 heterocycles. The lowest BCUT2D eigenvalue weighted by molar-refractivity contribution is 0.0462. The number of benzene rings is 1. The maximum Gasteiger partial charge on any atom is 0.340 e. The summed E-state index contributed by atoms with van der Waals surface area (Å²) >= 11 is 13.5. The number of aryl methyl sites for hydroxylation is 2. The van der Waals surface area contributed by atoms with Gasteiger partial charge in [0.25, 0.3) is 5.56 Å². The van der Waals surface area contributed by atoms with Crippen LogP contribution in [-0.2, 0) is 24.2 Å². The summed E-state index contributed by atoms with van der Waals surface area (Å²) in [7, 11) is 0. The molecule has 1 aliphatic carbocycles. The molecule has 3 aromatic rings. The van der Waals surface area contributed by atoms with Crippen LogP contribution in [0.1, 0.15) is 39.5 Å². The molecule has 0 saturated carbocycles. The Labute approximate surface area is 162 Å². The van der Waals surface area contributed by atoms with Gasteiger partial charge in [-0.25, -0.2) is 9.78 Å². The largest absolute Gasteiger partial charge is 0.454 e. The third-order valence-corrected chi connectivity index (χ3v) is 6.39. The molecule has 0 atom stereocenters. The SMILES string of the molecule is O=C(OCc1nc2sc3c(c2c(=O)[nH]1)CCCC3)c1cccc(Cl)c1Cl. The highest BCUT2D eigenvalue weighted by Gasteiger charge is 2.20. The van der Waals surface area contributed by atoms with Gasteiger partial charge in [-0.2, -0.15) is 0 Å². The predicted octanol–water partition coefficient (Wildman–Crippen LogP) is 4.53. The lowest BCUT2D eigenvalue weighted by Crippen LogP contribution is -2.15. The van der Waals surface area contributed by atoms with E-state index in [2.05, 4.69) is 9.97 Å². The Kier molecular flexibility index (Phi) is 4.73. The number of carbonyl (C=O) groups is 1. The van der Waals surface area contributed by atoms with Crippen LogP contribution in [-0.4, -0.2) is 15.9 Å². The van der Waals surface area contributed by atoms with E-state index in [0.717, 1.165) is 31.2 Å². The van der Waals surface area contributed by atoms with E-state index >= 15 is 0 Å². The van der Waals surface area contributed by atoms with Crippen LogP contribution in [0.5, 0.6) is 0 Å². The van der Waals surface area contributed by atoms with Crippen LogP contribution in [0.4, 0.5) is 0 Å². The van der Waals surface area contributed by atoms with Crippen LogP contribution in [0, 0.1) is 0 Å². The monoisotopic (exact) mass is 408 g/mol. The number of rotatable bonds is 3. The molecule has 0 unspecified atom stereocenters. The Hall–Kier alpha value is -1.89. The highest BCUT2D eigenvalue weighted by Crippen LogP contribution is 2.33. The third-order valence-electron chi connectivity index (χ3n) is 4.39. The van der Waals surface area contributed by atoms with Crippen molar-refractivity contribution in [1.29, 1.82) is 0 Å². The van der Waals surface area contributed by atoms with Gasteiger partial charge in [-0.15, -0.1) is 11.3 Å². The molecule has 0 aliphatic heterocycles. The van der Waals surface area contributed by atoms with Crippen LogP contribution >= 0.6 is 34.5 Å². The maximum absolute atomic E-state index is 12.5. The molecule has 2 aromatic heterocycles. The molecule has 1 aliphatic rings. The fraction of sp³-hybridized carbons (Fsp3) is 0.278. The number of ether oxygens (including phenoxy) is 1. The minimum atomic E-state index is -0.620. The number of nitrogens with one attached hydrogen (secondary N) is 1. The highest BCUT2D eigenvalue weighted by molar-refractivity contribution is 7.18. The first-order valence-electron chi connectivity index (χ1n) is 8.19. The first-order chi connectivity index (χ1) is 12.5. The van der Waals surface area contributed by atoms with Crippen molar-refractivity contribution in [3.63, 3.8) is 0 Å². The van der Waals surface area contributed by atoms with Gasteiger partial charge < -0.3 is 9.72 Å². The van der Waals surface area contributed by atoms with Gasteiger partial charge in [-0.3, -0.25) is 4.79 Å². The smallest absolute Gasteiger partial charge is 0.340 e. The summed E-state index contributed by atoms with van der Waals surface area (Å²) in [5.41, 5.74) is 1.12. The molecule has 134 valence electrons. The molecule has 0 fully saturated rings. The number of hydrogen-bond donors (Lipinski definition) is 1. The zero-order chi connectivity index (χ0) is 18.3. The zero-order valence-corrected chi connectivity index (χ0v) is 15.9. The fourth-order valence-electron chi connectivity index (χ4n) is 3.15. The van der Waals surface area contributed by atoms with E-state index in [1.54, 1.807) is 23.5 Å². The van der Waals surface area contributed by atoms with Gasteiger partial charge in [0.1, 0.15) is 17.3 Å². The second-order valence-corrected chi connectivity index (χ2v) is 7.95. The molecule has 5 nitrogen and oxygen atoms in total. The van der Waals surface area contributed by atoms with Crippen molar-refractivity contribution in [2.75, 3.05) is 0 Å². The standard InChI is InChI=1S/C18H14Cl2N2O3S/c19-11-6-3-5-10(15(11)20)18(24)25-8-13-21-16(23)14-9-4-1-2-7-12(9)26-17(14)22-13/h3,5-6H,1-2,4,7-8H2,(H,21,22,23). The summed E-state index contributed by atoms with van der Waals surface area (Å²) in [6.45, 7) is -0.143. The normalized spacial score (nSPS) is 13.6. The van der Waals surface area contributed by atoms with Crippen molar-refractivity contribution in [2.24, 2.45) is 0 Å². The molecule has 0 saturated heterocycles. The van der Waals surface area contributed by atoms with Crippen LogP contribution in [0.3, 0.4) is 0 Å². The molecule has 1 aromatic carbocycles. The van der Waals surface area contributed by atoms with E-state index in [4.69, 9.17) is 27.9 Å². The Bertz CT molecular complexity index is 1070. The van der Waals surface area contributed by atoms with E-state index in [0.29, 0.717) is 16.0 Å². The summed E-state index contributed by atoms with van der Waals surface area (Å²) in [5, 5.41) is 1.10. The van der Waals surface area contributed by atoms with Crippen molar-refractivity contribution in [3.05, 3.63) is 60.4 Å². The number of halogens is 2. The molecule has 26 heavy (non-hydrogen) atoms. The van der Waals surface area contributed by atoms with E-state index in [1.807, 2.05) is 0 Å². The molecule has 8 heteroatoms. The second-order valence-electron chi connectivity index (χ2n) is 6.08. The molecule has 4 rings (SSSR count). The van der Waals surface area contributed by atoms with Gasteiger partial charge in [0.05, 0.1) is 21.0 Å². The van der Waals surface area contributed by atoms with Crippen LogP contribution in [0.25, 0.3) is 10.2 Å². The molecule has 0 radical (unpaired) electrons. The summed E-state index contributed by atoms with van der Waals surface area (Å²) in [5.74, 6) is -0.307. The van der Waals surface area contributed by atoms with Crippen molar-refractivity contribution in [3.8, 4) is 0 Å². The zero-order valence-electron chi connectivity index (χ0n) is 13.6. The molecule has 0 bridgehead atoms. The molecular formula is C18H14Cl2N2O3S. The topological polar surface area (TPSA) is 72.0 Å². The fourth-order valence-corrected chi connectivity index (χ4v) is 4.81. The molecule has 0 spiro atoms. The minimum absolute atomic E-state index is 0.141. The van der Waals surface area contributed by atoms with Crippen molar-refractivity contribution in [2.45, 2.75) is 32.3 Å². The van der Waals surface area contributed by atoms with E-state index in [9.17, 15) is 9.59 Å². The van der Waals surface area contributed by atoms with Gasteiger partial charge in [0.2, 0.25) is 0 Å². The maximum atomic E-state index is 12.5. The third kappa shape index (κ3) is 3.13. The predicted molar refractivity (Wildman–Crippen MR) is 102 cm³/mol. The second kappa shape index (κ2) is 7.02. The van der Waals surface area contributed by atoms with Gasteiger partial charge in [-0.05, 0) is 43.4 Å². The Morgan fingerprint density at radius 1 is 1.27 bits per heavy atom. The molecule has 0 amide bonds. The Morgan fingerprint density at radius 3 is 2.92 bits per heavy atom. The van der Waals surface area contributed by atoms with Gasteiger partial charge >= 0.3 is 5.97 Å². The summed E-state index contributed by atoms with van der Waals surface area (Å²) in [4.78, 5) is 33.8. The van der Waals surface area contributed by atoms with E-state index in [1.165, 1.54) is 10.9 Å². The van der Waals surface area contributed by atoms with Gasteiger partial charge in [-0.1, -0.05) is 29.3 Å². The van der Waals surface area contributed by atoms with Crippen molar-refractivity contribution in [1.82, 2.24) is 9.97 Å². The van der Waals surface area contributed by atoms with E-state index < -0.39 is 5.97 Å². The Balaban J connectivity index is 1.59. The number of aromatic amines is 1. The number of esters is 1. The van der Waals surface area contributed by atoms with Crippen LogP contribution in [0.15, 0.2) is 23.0 Å². The quantitative estimate of drug-likeness (QED) is 0.646. The van der Waals surface area contributed by atoms with Gasteiger partial charge in [0, 0.05) is 4.88 Å². The first-order valence-corrected chi connectivity index (χ1v) is 9.76. The average Bonchev–Trinajstić information content (AvgIpc) is 3.01. The number of thiophene rings is 1. The number of nitrogens with zero attached hydrogens (tertiary/aromatic N) is 1. The van der Waals surface area contributed by atoms with Crippen LogP contribution in [0.2, 0.25) is 10.0 Å². The number of H-pyrrole nitrogens is 1. The Morgan fingerprint density at radius 2 is 2.08 bits per heavy atom. The summed E-state index contributed by atoms with van der Waals surface area (Å²) in [6.07, 6.45) is 4.15. The minimum Gasteiger partial charge on any atom is -0.454 e. The van der Waals surface area contributed by atoms with E-state index in [-0.39, 0.29) is 27.8 Å². The molecule has 1 N–H and O–H groups in total. The number of fused-ring (bicyclic) bond motifs is 3.